The van der Waals surface area contributed by atoms with Gasteiger partial charge in [0.25, 0.3) is 0 Å². The van der Waals surface area contributed by atoms with Crippen LogP contribution in [-0.4, -0.2) is 45.7 Å². The summed E-state index contributed by atoms with van der Waals surface area (Å²) in [7, 11) is -3.63. The number of ether oxygens (including phenoxy) is 1. The fourth-order valence-corrected chi connectivity index (χ4v) is 3.50. The van der Waals surface area contributed by atoms with Gasteiger partial charge in [-0.3, -0.25) is 4.79 Å². The summed E-state index contributed by atoms with van der Waals surface area (Å²) in [6, 6.07) is 5.21. The van der Waals surface area contributed by atoms with E-state index >= 15 is 0 Å². The van der Waals surface area contributed by atoms with E-state index in [2.05, 4.69) is 15.4 Å². The topological polar surface area (TPSA) is 114 Å². The van der Waals surface area contributed by atoms with Gasteiger partial charge in [0.1, 0.15) is 5.60 Å². The quantitative estimate of drug-likeness (QED) is 0.575. The monoisotopic (exact) mass is 399 g/mol. The maximum atomic E-state index is 12.3. The molecule has 0 radical (unpaired) electrons. The fraction of sp³-hybridized carbons (Fsp3) is 0.556. The molecule has 0 saturated heterocycles. The van der Waals surface area contributed by atoms with Gasteiger partial charge in [-0.15, -0.1) is 0 Å². The van der Waals surface area contributed by atoms with Gasteiger partial charge in [-0.25, -0.2) is 17.9 Å². The molecule has 1 aromatic rings. The third kappa shape index (κ3) is 8.87. The third-order valence-electron chi connectivity index (χ3n) is 3.39. The highest BCUT2D eigenvalue weighted by molar-refractivity contribution is 7.89. The number of hydrogen-bond donors (Lipinski definition) is 3. The zero-order chi connectivity index (χ0) is 20.7. The van der Waals surface area contributed by atoms with Crippen LogP contribution in [0.3, 0.4) is 0 Å². The molecule has 0 saturated carbocycles. The lowest BCUT2D eigenvalue weighted by molar-refractivity contribution is -0.120. The van der Waals surface area contributed by atoms with Crippen LogP contribution in [0.25, 0.3) is 0 Å². The van der Waals surface area contributed by atoms with Crippen LogP contribution in [0.5, 0.6) is 0 Å². The van der Waals surface area contributed by atoms with Crippen molar-refractivity contribution in [3.8, 4) is 0 Å². The molecule has 0 aliphatic carbocycles. The summed E-state index contributed by atoms with van der Waals surface area (Å²) >= 11 is 0. The van der Waals surface area contributed by atoms with Crippen LogP contribution in [0, 0.1) is 13.8 Å². The fourth-order valence-electron chi connectivity index (χ4n) is 2.14. The molecular weight excluding hydrogens is 370 g/mol. The van der Waals surface area contributed by atoms with E-state index in [-0.39, 0.29) is 36.9 Å². The number of hydrogen-bond acceptors (Lipinski definition) is 5. The van der Waals surface area contributed by atoms with Gasteiger partial charge in [0.15, 0.2) is 0 Å². The van der Waals surface area contributed by atoms with E-state index in [0.717, 1.165) is 5.56 Å². The van der Waals surface area contributed by atoms with Crippen LogP contribution < -0.4 is 15.4 Å². The summed E-state index contributed by atoms with van der Waals surface area (Å²) < 4.78 is 32.2. The van der Waals surface area contributed by atoms with Crippen molar-refractivity contribution in [1.29, 1.82) is 0 Å². The van der Waals surface area contributed by atoms with Gasteiger partial charge in [-0.2, -0.15) is 0 Å². The molecule has 1 rings (SSSR count). The number of rotatable bonds is 8. The van der Waals surface area contributed by atoms with Gasteiger partial charge < -0.3 is 15.4 Å². The Balaban J connectivity index is 2.32. The summed E-state index contributed by atoms with van der Waals surface area (Å²) in [5.41, 5.74) is 0.913. The van der Waals surface area contributed by atoms with E-state index in [1.807, 2.05) is 13.0 Å². The first-order chi connectivity index (χ1) is 12.4. The van der Waals surface area contributed by atoms with Crippen LogP contribution in [0.4, 0.5) is 4.79 Å². The standard InChI is InChI=1S/C18H29N3O5S/c1-13-6-7-14(2)15(12-13)27(24,25)21-11-10-19-16(22)8-9-20-17(23)26-18(3,4)5/h6-7,12,21H,8-11H2,1-5H3,(H,19,22)(H,20,23). The molecule has 27 heavy (non-hydrogen) atoms. The molecular formula is C18H29N3O5S. The number of carbonyl (C=O) groups is 2. The Kier molecular flexibility index (Phi) is 8.23. The van der Waals surface area contributed by atoms with Crippen molar-refractivity contribution >= 4 is 22.0 Å². The van der Waals surface area contributed by atoms with Gasteiger partial charge in [-0.05, 0) is 51.8 Å². The molecule has 0 aliphatic heterocycles. The maximum Gasteiger partial charge on any atom is 0.407 e. The van der Waals surface area contributed by atoms with Crippen molar-refractivity contribution in [2.45, 2.75) is 51.5 Å². The zero-order valence-corrected chi connectivity index (χ0v) is 17.3. The van der Waals surface area contributed by atoms with Crippen LogP contribution >= 0.6 is 0 Å². The lowest BCUT2D eigenvalue weighted by Gasteiger charge is -2.19. The minimum absolute atomic E-state index is 0.0704. The van der Waals surface area contributed by atoms with Gasteiger partial charge in [0, 0.05) is 26.1 Å². The molecule has 0 fully saturated rings. The maximum absolute atomic E-state index is 12.3. The largest absolute Gasteiger partial charge is 0.444 e. The molecule has 0 bridgehead atoms. The van der Waals surface area contributed by atoms with Gasteiger partial charge in [0.05, 0.1) is 4.90 Å². The molecule has 8 nitrogen and oxygen atoms in total. The summed E-state index contributed by atoms with van der Waals surface area (Å²) in [6.45, 7) is 9.15. The van der Waals surface area contributed by atoms with Gasteiger partial charge in [0.2, 0.25) is 15.9 Å². The van der Waals surface area contributed by atoms with Crippen molar-refractivity contribution in [2.24, 2.45) is 0 Å². The average Bonchev–Trinajstić information content (AvgIpc) is 2.52. The van der Waals surface area contributed by atoms with E-state index in [0.29, 0.717) is 5.56 Å². The Bertz CT molecular complexity index is 770. The molecule has 0 aromatic heterocycles. The second kappa shape index (κ2) is 9.70. The van der Waals surface area contributed by atoms with Crippen molar-refractivity contribution in [3.63, 3.8) is 0 Å². The first-order valence-corrected chi connectivity index (χ1v) is 10.2. The average molecular weight is 400 g/mol. The predicted molar refractivity (Wildman–Crippen MR) is 103 cm³/mol. The highest BCUT2D eigenvalue weighted by atomic mass is 32.2. The van der Waals surface area contributed by atoms with Crippen LogP contribution in [-0.2, 0) is 19.6 Å². The molecule has 0 aliphatic rings. The molecule has 1 aromatic carbocycles. The van der Waals surface area contributed by atoms with Crippen molar-refractivity contribution in [3.05, 3.63) is 29.3 Å². The molecule has 152 valence electrons. The van der Waals surface area contributed by atoms with Gasteiger partial charge >= 0.3 is 6.09 Å². The summed E-state index contributed by atoms with van der Waals surface area (Å²) in [6.07, 6.45) is -0.514. The van der Waals surface area contributed by atoms with Crippen molar-refractivity contribution in [2.75, 3.05) is 19.6 Å². The molecule has 2 amide bonds. The second-order valence-electron chi connectivity index (χ2n) is 7.20. The summed E-state index contributed by atoms with van der Waals surface area (Å²) in [4.78, 5) is 23.4. The molecule has 0 heterocycles. The number of nitrogens with one attached hydrogen (secondary N) is 3. The first kappa shape index (κ1) is 22.9. The zero-order valence-electron chi connectivity index (χ0n) is 16.5. The molecule has 3 N–H and O–H groups in total. The molecule has 0 atom stereocenters. The van der Waals surface area contributed by atoms with E-state index in [1.54, 1.807) is 39.8 Å². The Morgan fingerprint density at radius 1 is 1.04 bits per heavy atom. The number of amides is 2. The molecule has 0 unspecified atom stereocenters. The minimum Gasteiger partial charge on any atom is -0.444 e. The Morgan fingerprint density at radius 2 is 1.70 bits per heavy atom. The normalized spacial score (nSPS) is 11.7. The van der Waals surface area contributed by atoms with E-state index in [9.17, 15) is 18.0 Å². The molecule has 0 spiro atoms. The van der Waals surface area contributed by atoms with Crippen LogP contribution in [0.15, 0.2) is 23.1 Å². The number of sulfonamides is 1. The number of alkyl carbamates (subject to hydrolysis) is 1. The summed E-state index contributed by atoms with van der Waals surface area (Å²) in [5, 5.41) is 5.08. The van der Waals surface area contributed by atoms with Crippen LogP contribution in [0.2, 0.25) is 0 Å². The summed E-state index contributed by atoms with van der Waals surface area (Å²) in [5.74, 6) is -0.294. The minimum atomic E-state index is -3.63. The predicted octanol–water partition coefficient (Wildman–Crippen LogP) is 1.61. The lowest BCUT2D eigenvalue weighted by atomic mass is 10.2. The second-order valence-corrected chi connectivity index (χ2v) is 8.93. The number of benzene rings is 1. The SMILES string of the molecule is Cc1ccc(C)c(S(=O)(=O)NCCNC(=O)CCNC(=O)OC(C)(C)C)c1. The van der Waals surface area contributed by atoms with Crippen molar-refractivity contribution < 1.29 is 22.7 Å². The lowest BCUT2D eigenvalue weighted by Crippen LogP contribution is -2.37. The Labute approximate surface area is 161 Å². The highest BCUT2D eigenvalue weighted by Gasteiger charge is 2.17. The molecule has 9 heteroatoms. The Hall–Kier alpha value is -2.13. The highest BCUT2D eigenvalue weighted by Crippen LogP contribution is 2.16. The van der Waals surface area contributed by atoms with Gasteiger partial charge in [-0.1, -0.05) is 12.1 Å². The van der Waals surface area contributed by atoms with E-state index < -0.39 is 21.7 Å². The first-order valence-electron chi connectivity index (χ1n) is 8.71. The van der Waals surface area contributed by atoms with E-state index in [1.165, 1.54) is 0 Å². The number of carbonyl (C=O) groups excluding carboxylic acids is 2. The Morgan fingerprint density at radius 3 is 2.33 bits per heavy atom. The number of aryl methyl sites for hydroxylation is 2. The van der Waals surface area contributed by atoms with Crippen LogP contribution in [0.1, 0.15) is 38.3 Å². The third-order valence-corrected chi connectivity index (χ3v) is 5.00. The van der Waals surface area contributed by atoms with Crippen molar-refractivity contribution in [1.82, 2.24) is 15.4 Å². The smallest absolute Gasteiger partial charge is 0.407 e. The van der Waals surface area contributed by atoms with E-state index in [4.69, 9.17) is 4.74 Å².